The first-order valence-corrected chi connectivity index (χ1v) is 9.75. The van der Waals surface area contributed by atoms with Crippen LogP contribution < -0.4 is 15.6 Å². The molecule has 2 heterocycles. The molecule has 30 heavy (non-hydrogen) atoms. The minimum atomic E-state index is -0.641. The molecule has 1 aliphatic rings. The number of hydrogen-bond acceptors (Lipinski definition) is 5. The number of Topliss-reactive ketones (excluding diaryl/α,β-unsaturated/α-hetero) is 1. The average Bonchev–Trinajstić information content (AvgIpc) is 2.75. The molecule has 0 unspecified atom stereocenters. The van der Waals surface area contributed by atoms with E-state index in [1.54, 1.807) is 37.4 Å². The van der Waals surface area contributed by atoms with E-state index in [0.717, 1.165) is 0 Å². The fourth-order valence-corrected chi connectivity index (χ4v) is 3.60. The predicted molar refractivity (Wildman–Crippen MR) is 113 cm³/mol. The standard InChI is InChI=1S/C22H18ClN3O4/c1-30-15-8-6-14(7-9-15)26-18-3-2-4-19(27)16(18)11-17(22(26)29)21(28)25-20-10-5-13(23)12-24-20/h5-12H,2-4H2,1H3,(H,24,25,28). The lowest BCUT2D eigenvalue weighted by Crippen LogP contribution is -2.33. The van der Waals surface area contributed by atoms with Gasteiger partial charge in [0.2, 0.25) is 0 Å². The highest BCUT2D eigenvalue weighted by Gasteiger charge is 2.26. The Morgan fingerprint density at radius 2 is 1.90 bits per heavy atom. The van der Waals surface area contributed by atoms with Gasteiger partial charge in [-0.2, -0.15) is 0 Å². The predicted octanol–water partition coefficient (Wildman–Crippen LogP) is 3.67. The third-order valence-corrected chi connectivity index (χ3v) is 5.19. The molecule has 1 N–H and O–H groups in total. The van der Waals surface area contributed by atoms with Gasteiger partial charge in [0.15, 0.2) is 5.78 Å². The molecule has 0 atom stereocenters. The van der Waals surface area contributed by atoms with Crippen molar-refractivity contribution in [3.63, 3.8) is 0 Å². The molecule has 0 saturated carbocycles. The van der Waals surface area contributed by atoms with Crippen molar-refractivity contribution in [3.8, 4) is 11.4 Å². The maximum atomic E-state index is 13.3. The quantitative estimate of drug-likeness (QED) is 0.691. The Morgan fingerprint density at radius 3 is 2.57 bits per heavy atom. The van der Waals surface area contributed by atoms with Crippen molar-refractivity contribution >= 4 is 29.1 Å². The normalized spacial score (nSPS) is 12.9. The smallest absolute Gasteiger partial charge is 0.268 e. The number of ketones is 1. The fraction of sp³-hybridized carbons (Fsp3) is 0.182. The summed E-state index contributed by atoms with van der Waals surface area (Å²) in [5.41, 5.74) is 0.941. The summed E-state index contributed by atoms with van der Waals surface area (Å²) in [5, 5.41) is 3.02. The molecule has 1 amide bonds. The van der Waals surface area contributed by atoms with Gasteiger partial charge in [-0.1, -0.05) is 11.6 Å². The van der Waals surface area contributed by atoms with Crippen LogP contribution in [0.15, 0.2) is 53.5 Å². The number of pyridine rings is 2. The summed E-state index contributed by atoms with van der Waals surface area (Å²) in [6, 6.07) is 11.4. The molecule has 0 radical (unpaired) electrons. The van der Waals surface area contributed by atoms with E-state index >= 15 is 0 Å². The van der Waals surface area contributed by atoms with Crippen molar-refractivity contribution in [2.24, 2.45) is 0 Å². The zero-order valence-corrected chi connectivity index (χ0v) is 16.9. The van der Waals surface area contributed by atoms with E-state index in [-0.39, 0.29) is 17.2 Å². The Labute approximate surface area is 177 Å². The highest BCUT2D eigenvalue weighted by molar-refractivity contribution is 6.30. The number of anilines is 1. The molecule has 4 rings (SSSR count). The Bertz CT molecular complexity index is 1180. The van der Waals surface area contributed by atoms with Gasteiger partial charge in [0, 0.05) is 29.6 Å². The van der Waals surface area contributed by atoms with E-state index in [1.807, 2.05) is 0 Å². The van der Waals surface area contributed by atoms with Crippen LogP contribution in [0.3, 0.4) is 0 Å². The first kappa shape index (κ1) is 19.8. The van der Waals surface area contributed by atoms with Crippen LogP contribution in [0.2, 0.25) is 5.02 Å². The number of amides is 1. The lowest BCUT2D eigenvalue weighted by molar-refractivity contribution is 0.0971. The molecule has 0 fully saturated rings. The Morgan fingerprint density at radius 1 is 1.13 bits per heavy atom. The zero-order valence-electron chi connectivity index (χ0n) is 16.1. The third-order valence-electron chi connectivity index (χ3n) is 4.97. The monoisotopic (exact) mass is 423 g/mol. The Balaban J connectivity index is 1.84. The van der Waals surface area contributed by atoms with E-state index in [4.69, 9.17) is 16.3 Å². The van der Waals surface area contributed by atoms with Gasteiger partial charge in [0.05, 0.1) is 12.1 Å². The molecule has 7 nitrogen and oxygen atoms in total. The number of aromatic nitrogens is 2. The van der Waals surface area contributed by atoms with Crippen LogP contribution in [-0.4, -0.2) is 28.4 Å². The molecule has 0 spiro atoms. The van der Waals surface area contributed by atoms with Gasteiger partial charge in [0.1, 0.15) is 17.1 Å². The number of halogens is 1. The van der Waals surface area contributed by atoms with Crippen molar-refractivity contribution in [1.29, 1.82) is 0 Å². The van der Waals surface area contributed by atoms with Crippen molar-refractivity contribution in [2.45, 2.75) is 19.3 Å². The lowest BCUT2D eigenvalue weighted by Gasteiger charge is -2.21. The van der Waals surface area contributed by atoms with Crippen molar-refractivity contribution < 1.29 is 14.3 Å². The summed E-state index contributed by atoms with van der Waals surface area (Å²) >= 11 is 5.82. The topological polar surface area (TPSA) is 90.3 Å². The molecule has 1 aliphatic carbocycles. The zero-order chi connectivity index (χ0) is 21.3. The van der Waals surface area contributed by atoms with Gasteiger partial charge in [0.25, 0.3) is 11.5 Å². The van der Waals surface area contributed by atoms with Crippen LogP contribution in [0.5, 0.6) is 5.75 Å². The second kappa shape index (κ2) is 8.12. The number of nitrogens with one attached hydrogen (secondary N) is 1. The highest BCUT2D eigenvalue weighted by Crippen LogP contribution is 2.25. The molecule has 2 aromatic heterocycles. The van der Waals surface area contributed by atoms with Gasteiger partial charge in [-0.25, -0.2) is 4.98 Å². The molecule has 8 heteroatoms. The Kier molecular flexibility index (Phi) is 5.37. The summed E-state index contributed by atoms with van der Waals surface area (Å²) in [6.07, 6.45) is 3.00. The number of benzene rings is 1. The van der Waals surface area contributed by atoms with Crippen LogP contribution in [-0.2, 0) is 6.42 Å². The highest BCUT2D eigenvalue weighted by atomic mass is 35.5. The summed E-state index contributed by atoms with van der Waals surface area (Å²) in [7, 11) is 1.55. The molecular formula is C22H18ClN3O4. The summed E-state index contributed by atoms with van der Waals surface area (Å²) in [6.45, 7) is 0. The summed E-state index contributed by atoms with van der Waals surface area (Å²) in [4.78, 5) is 42.8. The number of rotatable bonds is 4. The number of carbonyl (C=O) groups excluding carboxylic acids is 2. The van der Waals surface area contributed by atoms with E-state index in [9.17, 15) is 14.4 Å². The molecule has 152 valence electrons. The van der Waals surface area contributed by atoms with Gasteiger partial charge < -0.3 is 10.1 Å². The third kappa shape index (κ3) is 3.71. The number of nitrogens with zero attached hydrogens (tertiary/aromatic N) is 2. The summed E-state index contributed by atoms with van der Waals surface area (Å²) in [5.74, 6) is 0.165. The average molecular weight is 424 g/mol. The van der Waals surface area contributed by atoms with Gasteiger partial charge in [-0.05, 0) is 55.3 Å². The van der Waals surface area contributed by atoms with E-state index in [1.165, 1.54) is 22.9 Å². The molecule has 0 saturated heterocycles. The largest absolute Gasteiger partial charge is 0.497 e. The number of carbonyl (C=O) groups is 2. The van der Waals surface area contributed by atoms with Gasteiger partial charge in [-0.15, -0.1) is 0 Å². The maximum Gasteiger partial charge on any atom is 0.268 e. The van der Waals surface area contributed by atoms with Crippen LogP contribution in [0.25, 0.3) is 5.69 Å². The number of methoxy groups -OCH3 is 1. The second-order valence-electron chi connectivity index (χ2n) is 6.85. The lowest BCUT2D eigenvalue weighted by atomic mass is 9.92. The van der Waals surface area contributed by atoms with Crippen LogP contribution in [0.1, 0.15) is 39.3 Å². The molecule has 0 bridgehead atoms. The van der Waals surface area contributed by atoms with Crippen LogP contribution in [0.4, 0.5) is 5.82 Å². The number of ether oxygens (including phenoxy) is 1. The van der Waals surface area contributed by atoms with Crippen molar-refractivity contribution in [2.75, 3.05) is 12.4 Å². The SMILES string of the molecule is COc1ccc(-n2c3c(cc(C(=O)Nc4ccc(Cl)cn4)c2=O)C(=O)CCC3)cc1. The number of hydrogen-bond donors (Lipinski definition) is 1. The maximum absolute atomic E-state index is 13.3. The minimum absolute atomic E-state index is 0.0859. The van der Waals surface area contributed by atoms with Gasteiger partial charge in [-0.3, -0.25) is 19.0 Å². The van der Waals surface area contributed by atoms with Gasteiger partial charge >= 0.3 is 0 Å². The fourth-order valence-electron chi connectivity index (χ4n) is 3.49. The second-order valence-corrected chi connectivity index (χ2v) is 7.29. The first-order valence-electron chi connectivity index (χ1n) is 9.37. The van der Waals surface area contributed by atoms with Crippen LogP contribution in [0, 0.1) is 0 Å². The van der Waals surface area contributed by atoms with Crippen molar-refractivity contribution in [3.05, 3.63) is 80.9 Å². The molecular weight excluding hydrogens is 406 g/mol. The van der Waals surface area contributed by atoms with E-state index in [0.29, 0.717) is 47.0 Å². The summed E-state index contributed by atoms with van der Waals surface area (Å²) < 4.78 is 6.62. The van der Waals surface area contributed by atoms with Crippen LogP contribution >= 0.6 is 11.6 Å². The van der Waals surface area contributed by atoms with Crippen molar-refractivity contribution in [1.82, 2.24) is 9.55 Å². The number of fused-ring (bicyclic) bond motifs is 1. The molecule has 1 aromatic carbocycles. The first-order chi connectivity index (χ1) is 14.5. The van der Waals surface area contributed by atoms with E-state index in [2.05, 4.69) is 10.3 Å². The molecule has 3 aromatic rings. The minimum Gasteiger partial charge on any atom is -0.497 e. The van der Waals surface area contributed by atoms with E-state index < -0.39 is 11.5 Å². The Hall–Kier alpha value is -3.45. The molecule has 0 aliphatic heterocycles.